The average Bonchev–Trinajstić information content (AvgIpc) is 3.17. The number of benzene rings is 3. The maximum absolute atomic E-state index is 14.6. The van der Waals surface area contributed by atoms with Crippen LogP contribution in [0.25, 0.3) is 0 Å². The van der Waals surface area contributed by atoms with E-state index in [0.29, 0.717) is 11.5 Å². The van der Waals surface area contributed by atoms with E-state index in [1.165, 1.54) is 0 Å². The fraction of sp³-hybridized carbons (Fsp3) is 0.511. The summed E-state index contributed by atoms with van der Waals surface area (Å²) < 4.78 is 51.4. The van der Waals surface area contributed by atoms with E-state index in [-0.39, 0.29) is 63.1 Å². The van der Waals surface area contributed by atoms with E-state index < -0.39 is 57.9 Å². The lowest BCUT2D eigenvalue weighted by Crippen LogP contribution is -2.56. The lowest BCUT2D eigenvalue weighted by atomic mass is 9.92. The number of hydrogen-bond acceptors (Lipinski definition) is 8. The molecule has 3 aromatic rings. The molecule has 0 spiro atoms. The normalized spacial score (nSPS) is 13.4. The van der Waals surface area contributed by atoms with Gasteiger partial charge in [0.05, 0.1) is 40.1 Å². The van der Waals surface area contributed by atoms with Crippen LogP contribution in [-0.4, -0.2) is 75.7 Å². The van der Waals surface area contributed by atoms with Crippen molar-refractivity contribution in [3.63, 3.8) is 0 Å². The molecule has 0 saturated heterocycles. The van der Waals surface area contributed by atoms with E-state index in [9.17, 15) is 28.0 Å². The van der Waals surface area contributed by atoms with Crippen LogP contribution in [0, 0.1) is 27.9 Å². The van der Waals surface area contributed by atoms with E-state index in [1.54, 1.807) is 67.9 Å². The molecule has 0 bridgehead atoms. The van der Waals surface area contributed by atoms with Gasteiger partial charge >= 0.3 is 0 Å². The van der Waals surface area contributed by atoms with Crippen molar-refractivity contribution in [3.8, 4) is 11.5 Å². The van der Waals surface area contributed by atoms with Gasteiger partial charge in [-0.1, -0.05) is 79.7 Å². The lowest BCUT2D eigenvalue weighted by Gasteiger charge is -2.32. The van der Waals surface area contributed by atoms with E-state index in [1.807, 2.05) is 50.2 Å². The quantitative estimate of drug-likeness (QED) is 0.102. The SMILES string of the molecule is COc1ccc(COC[C@@H](NC(=O)C(C)(C)C)[C@H](OCc2ccc(OC)cc2)C(=O)NCC(C)(C)CNC(=O)C[C@H](Cc2cc(F)ccc2F)NC(=O)C(C)(C)C)cc1. The highest BCUT2D eigenvalue weighted by atomic mass is 19.1. The van der Waals surface area contributed by atoms with Crippen molar-refractivity contribution in [2.45, 2.75) is 99.6 Å². The zero-order valence-electron chi connectivity index (χ0n) is 36.1. The Balaban J connectivity index is 1.76. The molecule has 14 heteroatoms. The summed E-state index contributed by atoms with van der Waals surface area (Å²) in [5.74, 6) is -1.51. The summed E-state index contributed by atoms with van der Waals surface area (Å²) in [7, 11) is 3.15. The van der Waals surface area contributed by atoms with Crippen LogP contribution in [0.4, 0.5) is 8.78 Å². The molecule has 3 aromatic carbocycles. The van der Waals surface area contributed by atoms with Crippen LogP contribution in [0.5, 0.6) is 11.5 Å². The van der Waals surface area contributed by atoms with Crippen LogP contribution in [0.15, 0.2) is 66.7 Å². The van der Waals surface area contributed by atoms with Gasteiger partial charge < -0.3 is 40.2 Å². The monoisotopic (exact) mass is 824 g/mol. The van der Waals surface area contributed by atoms with E-state index in [2.05, 4.69) is 21.3 Å². The molecular formula is C45H62F2N4O8. The second-order valence-electron chi connectivity index (χ2n) is 17.5. The number of amides is 4. The van der Waals surface area contributed by atoms with Gasteiger partial charge in [-0.05, 0) is 71.0 Å². The fourth-order valence-corrected chi connectivity index (χ4v) is 5.56. The van der Waals surface area contributed by atoms with Crippen LogP contribution >= 0.6 is 0 Å². The van der Waals surface area contributed by atoms with Crippen molar-refractivity contribution in [3.05, 3.63) is 95.1 Å². The Labute approximate surface area is 347 Å². The summed E-state index contributed by atoms with van der Waals surface area (Å²) >= 11 is 0. The number of halogens is 2. The minimum Gasteiger partial charge on any atom is -0.497 e. The average molecular weight is 825 g/mol. The van der Waals surface area contributed by atoms with E-state index >= 15 is 0 Å². The van der Waals surface area contributed by atoms with E-state index in [4.69, 9.17) is 18.9 Å². The first-order chi connectivity index (χ1) is 27.6. The Morgan fingerprint density at radius 1 is 0.678 bits per heavy atom. The van der Waals surface area contributed by atoms with Gasteiger partial charge in [0.25, 0.3) is 5.91 Å². The molecule has 0 fully saturated rings. The van der Waals surface area contributed by atoms with Gasteiger partial charge in [0.1, 0.15) is 23.1 Å². The predicted molar refractivity (Wildman–Crippen MR) is 221 cm³/mol. The minimum atomic E-state index is -1.19. The Bertz CT molecular complexity index is 1840. The van der Waals surface area contributed by atoms with Crippen molar-refractivity contribution >= 4 is 23.6 Å². The number of carbonyl (C=O) groups excluding carboxylic acids is 4. The third-order valence-electron chi connectivity index (χ3n) is 9.36. The summed E-state index contributed by atoms with van der Waals surface area (Å²) in [6, 6.07) is 15.9. The minimum absolute atomic E-state index is 0.0342. The molecule has 4 amide bonds. The van der Waals surface area contributed by atoms with Crippen LogP contribution < -0.4 is 30.7 Å². The Morgan fingerprint density at radius 3 is 1.75 bits per heavy atom. The highest BCUT2D eigenvalue weighted by Crippen LogP contribution is 2.20. The molecule has 324 valence electrons. The van der Waals surface area contributed by atoms with Gasteiger partial charge in [-0.3, -0.25) is 19.2 Å². The number of nitrogens with one attached hydrogen (secondary N) is 4. The van der Waals surface area contributed by atoms with Crippen LogP contribution in [-0.2, 0) is 48.3 Å². The third kappa shape index (κ3) is 16.6. The molecule has 4 N–H and O–H groups in total. The first kappa shape index (κ1) is 48.3. The Kier molecular flexibility index (Phi) is 17.8. The zero-order valence-corrected chi connectivity index (χ0v) is 36.1. The fourth-order valence-electron chi connectivity index (χ4n) is 5.56. The predicted octanol–water partition coefficient (Wildman–Crippen LogP) is 6.04. The summed E-state index contributed by atoms with van der Waals surface area (Å²) in [6.45, 7) is 14.5. The second kappa shape index (κ2) is 21.8. The smallest absolute Gasteiger partial charge is 0.251 e. The molecule has 0 saturated carbocycles. The van der Waals surface area contributed by atoms with Gasteiger partial charge in [0.2, 0.25) is 17.7 Å². The summed E-state index contributed by atoms with van der Waals surface area (Å²) in [5, 5.41) is 11.6. The third-order valence-corrected chi connectivity index (χ3v) is 9.36. The van der Waals surface area contributed by atoms with Crippen molar-refractivity contribution in [1.29, 1.82) is 0 Å². The summed E-state index contributed by atoms with van der Waals surface area (Å²) in [4.78, 5) is 53.6. The molecule has 0 aliphatic heterocycles. The van der Waals surface area contributed by atoms with Gasteiger partial charge in [0, 0.05) is 36.4 Å². The molecular weight excluding hydrogens is 763 g/mol. The molecule has 0 radical (unpaired) electrons. The van der Waals surface area contributed by atoms with Crippen LogP contribution in [0.1, 0.15) is 78.5 Å². The molecule has 3 rings (SSSR count). The molecule has 3 atom stereocenters. The number of hydrogen-bond donors (Lipinski definition) is 4. The van der Waals surface area contributed by atoms with Gasteiger partial charge in [0.15, 0.2) is 6.10 Å². The lowest BCUT2D eigenvalue weighted by molar-refractivity contribution is -0.141. The molecule has 0 unspecified atom stereocenters. The zero-order chi connectivity index (χ0) is 44.0. The largest absolute Gasteiger partial charge is 0.497 e. The van der Waals surface area contributed by atoms with Crippen LogP contribution in [0.2, 0.25) is 0 Å². The first-order valence-corrected chi connectivity index (χ1v) is 19.7. The highest BCUT2D eigenvalue weighted by molar-refractivity contribution is 5.85. The standard InChI is InChI=1S/C45H62F2N4O8/c1-43(2,3)41(54)50-33(22-31-21-32(46)15-20-36(31)47)23-38(52)48-27-45(7,8)28-49-40(53)39(59-25-30-13-18-35(57-10)19-14-30)37(51-42(55)44(4,5)6)26-58-24-29-11-16-34(56-9)17-12-29/h11-21,33,37,39H,22-28H2,1-10H3,(H,48,52)(H,49,53)(H,50,54)(H,51,55)/t33-,37+,39-/m0/s1. The number of ether oxygens (including phenoxy) is 4. The molecule has 0 heterocycles. The highest BCUT2D eigenvalue weighted by Gasteiger charge is 2.35. The summed E-state index contributed by atoms with van der Waals surface area (Å²) in [6.07, 6.45) is -1.50. The second-order valence-corrected chi connectivity index (χ2v) is 17.5. The van der Waals surface area contributed by atoms with Crippen molar-refractivity contribution in [2.24, 2.45) is 16.2 Å². The molecule has 12 nitrogen and oxygen atoms in total. The topological polar surface area (TPSA) is 153 Å². The van der Waals surface area contributed by atoms with Crippen molar-refractivity contribution < 1.29 is 46.9 Å². The number of methoxy groups -OCH3 is 2. The molecule has 0 aliphatic carbocycles. The van der Waals surface area contributed by atoms with Gasteiger partial charge in [-0.25, -0.2) is 8.78 Å². The van der Waals surface area contributed by atoms with Crippen molar-refractivity contribution in [2.75, 3.05) is 33.9 Å². The summed E-state index contributed by atoms with van der Waals surface area (Å²) in [5.41, 5.74) is -0.607. The number of carbonyl (C=O) groups is 4. The first-order valence-electron chi connectivity index (χ1n) is 19.7. The van der Waals surface area contributed by atoms with Gasteiger partial charge in [-0.2, -0.15) is 0 Å². The number of rotatable bonds is 21. The maximum Gasteiger partial charge on any atom is 0.251 e. The van der Waals surface area contributed by atoms with Gasteiger partial charge in [-0.15, -0.1) is 0 Å². The molecule has 59 heavy (non-hydrogen) atoms. The maximum atomic E-state index is 14.6. The van der Waals surface area contributed by atoms with E-state index in [0.717, 1.165) is 29.3 Å². The molecule has 0 aromatic heterocycles. The molecule has 0 aliphatic rings. The Morgan fingerprint density at radius 2 is 1.20 bits per heavy atom. The van der Waals surface area contributed by atoms with Crippen molar-refractivity contribution in [1.82, 2.24) is 21.3 Å². The van der Waals surface area contributed by atoms with Crippen LogP contribution in [0.3, 0.4) is 0 Å². The Hall–Kier alpha value is -5.08.